The van der Waals surface area contributed by atoms with Crippen LogP contribution in [-0.2, 0) is 12.8 Å². The van der Waals surface area contributed by atoms with E-state index in [-0.39, 0.29) is 12.6 Å². The molecule has 3 N–H and O–H groups in total. The highest BCUT2D eigenvalue weighted by molar-refractivity contribution is 4.98. The van der Waals surface area contributed by atoms with Gasteiger partial charge in [0.25, 0.3) is 0 Å². The summed E-state index contributed by atoms with van der Waals surface area (Å²) in [4.78, 5) is 4.23. The molecular formula is C9H16N2O2. The maximum Gasteiger partial charge on any atom is 0.194 e. The summed E-state index contributed by atoms with van der Waals surface area (Å²) in [7, 11) is 0. The summed E-state index contributed by atoms with van der Waals surface area (Å²) in [6.45, 7) is 2.10. The third-order valence-corrected chi connectivity index (χ3v) is 1.68. The fourth-order valence-corrected chi connectivity index (χ4v) is 1.12. The first-order valence-electron chi connectivity index (χ1n) is 4.52. The fourth-order valence-electron chi connectivity index (χ4n) is 1.12. The Hall–Kier alpha value is -0.870. The van der Waals surface area contributed by atoms with Gasteiger partial charge in [0.1, 0.15) is 6.26 Å². The lowest BCUT2D eigenvalue weighted by Gasteiger charge is -1.98. The van der Waals surface area contributed by atoms with E-state index in [2.05, 4.69) is 4.98 Å². The molecule has 0 aliphatic carbocycles. The molecule has 74 valence electrons. The molecule has 4 nitrogen and oxygen atoms in total. The number of nitrogens with two attached hydrogens (primary N) is 1. The van der Waals surface area contributed by atoms with E-state index in [1.807, 2.05) is 6.92 Å². The van der Waals surface area contributed by atoms with E-state index in [0.29, 0.717) is 18.7 Å². The zero-order chi connectivity index (χ0) is 9.68. The predicted molar refractivity (Wildman–Crippen MR) is 49.3 cm³/mol. The number of aryl methyl sites for hydroxylation is 1. The molecule has 1 heterocycles. The molecule has 0 aliphatic rings. The molecule has 1 aromatic rings. The summed E-state index contributed by atoms with van der Waals surface area (Å²) in [5.74, 6) is 0.685. The van der Waals surface area contributed by atoms with Crippen LogP contribution in [0.15, 0.2) is 10.7 Å². The van der Waals surface area contributed by atoms with Crippen molar-refractivity contribution in [2.75, 3.05) is 6.61 Å². The van der Waals surface area contributed by atoms with E-state index in [1.54, 1.807) is 6.26 Å². The van der Waals surface area contributed by atoms with Crippen LogP contribution in [0.4, 0.5) is 0 Å². The molecule has 0 saturated heterocycles. The molecule has 1 atom stereocenters. The Labute approximate surface area is 77.8 Å². The van der Waals surface area contributed by atoms with Gasteiger partial charge in [-0.15, -0.1) is 0 Å². The third kappa shape index (κ3) is 3.57. The van der Waals surface area contributed by atoms with Gasteiger partial charge in [0, 0.05) is 25.5 Å². The van der Waals surface area contributed by atoms with Crippen LogP contribution < -0.4 is 5.73 Å². The van der Waals surface area contributed by atoms with Crippen molar-refractivity contribution >= 4 is 0 Å². The van der Waals surface area contributed by atoms with Crippen LogP contribution >= 0.6 is 0 Å². The van der Waals surface area contributed by atoms with Gasteiger partial charge in [-0.05, 0) is 13.3 Å². The molecule has 0 saturated carbocycles. The summed E-state index contributed by atoms with van der Waals surface area (Å²) < 4.78 is 5.19. The normalized spacial score (nSPS) is 13.2. The lowest BCUT2D eigenvalue weighted by atomic mass is 10.2. The Morgan fingerprint density at radius 2 is 2.46 bits per heavy atom. The Morgan fingerprint density at radius 1 is 1.69 bits per heavy atom. The minimum atomic E-state index is 0.107. The Balaban J connectivity index is 2.44. The first-order chi connectivity index (χ1) is 6.22. The average molecular weight is 184 g/mol. The highest BCUT2D eigenvalue weighted by Gasteiger charge is 2.05. The Morgan fingerprint density at radius 3 is 3.08 bits per heavy atom. The van der Waals surface area contributed by atoms with Gasteiger partial charge >= 0.3 is 0 Å². The highest BCUT2D eigenvalue weighted by atomic mass is 16.3. The van der Waals surface area contributed by atoms with Crippen molar-refractivity contribution in [1.29, 1.82) is 0 Å². The molecule has 0 bridgehead atoms. The van der Waals surface area contributed by atoms with Gasteiger partial charge in [0.05, 0.1) is 5.69 Å². The van der Waals surface area contributed by atoms with Gasteiger partial charge in [0.15, 0.2) is 5.89 Å². The molecule has 13 heavy (non-hydrogen) atoms. The quantitative estimate of drug-likeness (QED) is 0.698. The number of aliphatic hydroxyl groups excluding tert-OH is 1. The summed E-state index contributed by atoms with van der Waals surface area (Å²) in [5, 5.41) is 8.59. The van der Waals surface area contributed by atoms with Crippen LogP contribution in [0.2, 0.25) is 0 Å². The molecular weight excluding hydrogens is 168 g/mol. The summed E-state index contributed by atoms with van der Waals surface area (Å²) in [6.07, 6.45) is 3.76. The van der Waals surface area contributed by atoms with Gasteiger partial charge in [-0.3, -0.25) is 0 Å². The van der Waals surface area contributed by atoms with E-state index >= 15 is 0 Å². The zero-order valence-electron chi connectivity index (χ0n) is 7.86. The van der Waals surface area contributed by atoms with Crippen LogP contribution in [0.3, 0.4) is 0 Å². The predicted octanol–water partition coefficient (Wildman–Crippen LogP) is 0.489. The molecule has 1 rings (SSSR count). The third-order valence-electron chi connectivity index (χ3n) is 1.68. The second-order valence-corrected chi connectivity index (χ2v) is 3.24. The molecule has 0 radical (unpaired) electrons. The van der Waals surface area contributed by atoms with E-state index in [0.717, 1.165) is 12.1 Å². The standard InChI is InChI=1S/C9H16N2O2/c1-7(10)5-8-6-13-9(11-8)3-2-4-12/h6-7,12H,2-5,10H2,1H3. The van der Waals surface area contributed by atoms with Gasteiger partial charge in [-0.25, -0.2) is 4.98 Å². The lowest BCUT2D eigenvalue weighted by Crippen LogP contribution is -2.17. The Bertz CT molecular complexity index is 246. The first kappa shape index (κ1) is 10.2. The summed E-state index contributed by atoms with van der Waals surface area (Å²) in [6, 6.07) is 0.107. The number of rotatable bonds is 5. The van der Waals surface area contributed by atoms with Crippen molar-refractivity contribution in [3.05, 3.63) is 17.8 Å². The van der Waals surface area contributed by atoms with Crippen LogP contribution in [0.1, 0.15) is 24.9 Å². The smallest absolute Gasteiger partial charge is 0.194 e. The van der Waals surface area contributed by atoms with Crippen LogP contribution in [0, 0.1) is 0 Å². The number of oxazole rings is 1. The van der Waals surface area contributed by atoms with Gasteiger partial charge in [-0.2, -0.15) is 0 Å². The van der Waals surface area contributed by atoms with Crippen molar-refractivity contribution in [1.82, 2.24) is 4.98 Å². The van der Waals surface area contributed by atoms with Crippen LogP contribution in [0.5, 0.6) is 0 Å². The molecule has 0 spiro atoms. The van der Waals surface area contributed by atoms with Crippen molar-refractivity contribution < 1.29 is 9.52 Å². The molecule has 0 aromatic carbocycles. The van der Waals surface area contributed by atoms with E-state index < -0.39 is 0 Å². The topological polar surface area (TPSA) is 72.3 Å². The number of aromatic nitrogens is 1. The van der Waals surface area contributed by atoms with Crippen molar-refractivity contribution in [3.63, 3.8) is 0 Å². The minimum Gasteiger partial charge on any atom is -0.449 e. The number of nitrogens with zero attached hydrogens (tertiary/aromatic N) is 1. The maximum atomic E-state index is 8.59. The zero-order valence-corrected chi connectivity index (χ0v) is 7.86. The summed E-state index contributed by atoms with van der Waals surface area (Å²) in [5.41, 5.74) is 6.50. The van der Waals surface area contributed by atoms with Gasteiger partial charge < -0.3 is 15.3 Å². The fraction of sp³-hybridized carbons (Fsp3) is 0.667. The Kier molecular flexibility index (Phi) is 3.92. The summed E-state index contributed by atoms with van der Waals surface area (Å²) >= 11 is 0. The highest BCUT2D eigenvalue weighted by Crippen LogP contribution is 2.05. The van der Waals surface area contributed by atoms with Crippen LogP contribution in [-0.4, -0.2) is 22.7 Å². The van der Waals surface area contributed by atoms with E-state index in [4.69, 9.17) is 15.3 Å². The number of hydrogen-bond donors (Lipinski definition) is 2. The van der Waals surface area contributed by atoms with E-state index in [9.17, 15) is 0 Å². The largest absolute Gasteiger partial charge is 0.449 e. The maximum absolute atomic E-state index is 8.59. The number of hydrogen-bond acceptors (Lipinski definition) is 4. The van der Waals surface area contributed by atoms with Gasteiger partial charge in [-0.1, -0.05) is 0 Å². The molecule has 0 fully saturated rings. The molecule has 4 heteroatoms. The first-order valence-corrected chi connectivity index (χ1v) is 4.52. The van der Waals surface area contributed by atoms with Gasteiger partial charge in [0.2, 0.25) is 0 Å². The monoisotopic (exact) mass is 184 g/mol. The molecule has 0 amide bonds. The molecule has 1 aromatic heterocycles. The second kappa shape index (κ2) is 4.99. The lowest BCUT2D eigenvalue weighted by molar-refractivity contribution is 0.283. The SMILES string of the molecule is CC(N)Cc1coc(CCCO)n1. The molecule has 1 unspecified atom stereocenters. The second-order valence-electron chi connectivity index (χ2n) is 3.24. The van der Waals surface area contributed by atoms with Crippen molar-refractivity contribution in [2.45, 2.75) is 32.2 Å². The minimum absolute atomic E-state index is 0.107. The molecule has 0 aliphatic heterocycles. The van der Waals surface area contributed by atoms with Crippen molar-refractivity contribution in [2.24, 2.45) is 5.73 Å². The van der Waals surface area contributed by atoms with Crippen molar-refractivity contribution in [3.8, 4) is 0 Å². The van der Waals surface area contributed by atoms with Crippen LogP contribution in [0.25, 0.3) is 0 Å². The van der Waals surface area contributed by atoms with E-state index in [1.165, 1.54) is 0 Å². The average Bonchev–Trinajstić information content (AvgIpc) is 2.48. The number of aliphatic hydroxyl groups is 1.